The van der Waals surface area contributed by atoms with Gasteiger partial charge in [0.05, 0.1) is 5.69 Å². The molecule has 2 saturated heterocycles. The summed E-state index contributed by atoms with van der Waals surface area (Å²) >= 11 is 0. The predicted molar refractivity (Wildman–Crippen MR) is 106 cm³/mol. The number of hydrogen-bond donors (Lipinski definition) is 2. The van der Waals surface area contributed by atoms with Crippen molar-refractivity contribution in [2.24, 2.45) is 10.9 Å². The van der Waals surface area contributed by atoms with Crippen molar-refractivity contribution in [1.29, 1.82) is 0 Å². The molecule has 2 aliphatic heterocycles. The molecule has 0 radical (unpaired) electrons. The highest BCUT2D eigenvalue weighted by molar-refractivity contribution is 5.80. The molecule has 0 bridgehead atoms. The van der Waals surface area contributed by atoms with Gasteiger partial charge in [-0.2, -0.15) is 0 Å². The number of aliphatic imine (C=N–C) groups is 1. The summed E-state index contributed by atoms with van der Waals surface area (Å²) in [6, 6.07) is 3.95. The molecule has 2 aliphatic rings. The minimum absolute atomic E-state index is 0.189. The van der Waals surface area contributed by atoms with Crippen LogP contribution in [0.3, 0.4) is 0 Å². The first kappa shape index (κ1) is 19.9. The fraction of sp³-hybridized carbons (Fsp3) is 0.650. The summed E-state index contributed by atoms with van der Waals surface area (Å²) in [5.41, 5.74) is 0.461. The van der Waals surface area contributed by atoms with Crippen LogP contribution in [0.5, 0.6) is 0 Å². The van der Waals surface area contributed by atoms with Crippen molar-refractivity contribution < 1.29 is 8.78 Å². The maximum Gasteiger partial charge on any atom is 0.191 e. The number of nitrogens with one attached hydrogen (secondary N) is 2. The van der Waals surface area contributed by atoms with Crippen LogP contribution in [-0.4, -0.2) is 63.2 Å². The van der Waals surface area contributed by atoms with Crippen LogP contribution in [0.4, 0.5) is 14.5 Å². The topological polar surface area (TPSA) is 42.9 Å². The van der Waals surface area contributed by atoms with Crippen LogP contribution in [0.2, 0.25) is 0 Å². The molecule has 27 heavy (non-hydrogen) atoms. The average Bonchev–Trinajstić information content (AvgIpc) is 3.30. The Balaban J connectivity index is 1.44. The van der Waals surface area contributed by atoms with Gasteiger partial charge in [-0.25, -0.2) is 8.78 Å². The van der Waals surface area contributed by atoms with E-state index in [0.717, 1.165) is 38.1 Å². The smallest absolute Gasteiger partial charge is 0.191 e. The van der Waals surface area contributed by atoms with E-state index in [9.17, 15) is 8.78 Å². The summed E-state index contributed by atoms with van der Waals surface area (Å²) in [6.45, 7) is 8.09. The van der Waals surface area contributed by atoms with E-state index in [1.165, 1.54) is 38.1 Å². The van der Waals surface area contributed by atoms with Crippen molar-refractivity contribution >= 4 is 11.6 Å². The average molecular weight is 379 g/mol. The number of guanidine groups is 1. The molecule has 0 amide bonds. The lowest BCUT2D eigenvalue weighted by Crippen LogP contribution is -2.46. The highest BCUT2D eigenvalue weighted by Crippen LogP contribution is 2.24. The number of halogens is 2. The van der Waals surface area contributed by atoms with Crippen LogP contribution >= 0.6 is 0 Å². The fourth-order valence-electron chi connectivity index (χ4n) is 3.96. The number of anilines is 1. The molecule has 0 aromatic heterocycles. The first-order chi connectivity index (χ1) is 13.0. The molecule has 2 N–H and O–H groups in total. The molecule has 0 saturated carbocycles. The van der Waals surface area contributed by atoms with Crippen molar-refractivity contribution in [2.45, 2.75) is 32.2 Å². The molecule has 2 unspecified atom stereocenters. The molecule has 1 aromatic carbocycles. The van der Waals surface area contributed by atoms with Gasteiger partial charge < -0.3 is 20.4 Å². The zero-order valence-corrected chi connectivity index (χ0v) is 16.3. The van der Waals surface area contributed by atoms with E-state index >= 15 is 0 Å². The van der Waals surface area contributed by atoms with Crippen molar-refractivity contribution in [3.8, 4) is 0 Å². The van der Waals surface area contributed by atoms with E-state index in [4.69, 9.17) is 0 Å². The summed E-state index contributed by atoms with van der Waals surface area (Å²) in [5, 5.41) is 6.85. The monoisotopic (exact) mass is 379 g/mol. The van der Waals surface area contributed by atoms with E-state index in [1.807, 2.05) is 4.90 Å². The molecule has 2 atom stereocenters. The Hall–Kier alpha value is -1.89. The van der Waals surface area contributed by atoms with Crippen LogP contribution in [0, 0.1) is 17.6 Å². The molecule has 5 nitrogen and oxygen atoms in total. The van der Waals surface area contributed by atoms with Crippen molar-refractivity contribution in [2.75, 3.05) is 51.2 Å². The lowest BCUT2D eigenvalue weighted by Gasteiger charge is -2.23. The highest BCUT2D eigenvalue weighted by Gasteiger charge is 2.25. The van der Waals surface area contributed by atoms with Gasteiger partial charge in [-0.15, -0.1) is 0 Å². The number of benzene rings is 1. The summed E-state index contributed by atoms with van der Waals surface area (Å²) in [6.07, 6.45) is 3.52. The Morgan fingerprint density at radius 3 is 2.74 bits per heavy atom. The van der Waals surface area contributed by atoms with Gasteiger partial charge in [0.1, 0.15) is 11.6 Å². The van der Waals surface area contributed by atoms with Crippen LogP contribution in [0.25, 0.3) is 0 Å². The fourth-order valence-corrected chi connectivity index (χ4v) is 3.96. The van der Waals surface area contributed by atoms with Gasteiger partial charge in [0, 0.05) is 45.3 Å². The first-order valence-corrected chi connectivity index (χ1v) is 9.94. The maximum absolute atomic E-state index is 14.0. The zero-order chi connectivity index (χ0) is 19.2. The number of rotatable bonds is 6. The number of nitrogens with zero attached hydrogens (tertiary/aromatic N) is 3. The summed E-state index contributed by atoms with van der Waals surface area (Å²) < 4.78 is 27.1. The predicted octanol–water partition coefficient (Wildman–Crippen LogP) is 2.44. The van der Waals surface area contributed by atoms with E-state index < -0.39 is 11.6 Å². The van der Waals surface area contributed by atoms with Crippen molar-refractivity contribution in [3.05, 3.63) is 29.8 Å². The Morgan fingerprint density at radius 2 is 2.04 bits per heavy atom. The Labute approximate surface area is 160 Å². The maximum atomic E-state index is 14.0. The first-order valence-electron chi connectivity index (χ1n) is 9.94. The van der Waals surface area contributed by atoms with Gasteiger partial charge in [0.2, 0.25) is 0 Å². The van der Waals surface area contributed by atoms with E-state index in [2.05, 4.69) is 27.4 Å². The zero-order valence-electron chi connectivity index (χ0n) is 16.3. The largest absolute Gasteiger partial charge is 0.367 e. The van der Waals surface area contributed by atoms with Gasteiger partial charge in [-0.05, 0) is 50.4 Å². The third-order valence-electron chi connectivity index (χ3n) is 5.39. The molecule has 3 rings (SSSR count). The Morgan fingerprint density at radius 1 is 1.26 bits per heavy atom. The minimum atomic E-state index is -0.544. The molecule has 7 heteroatoms. The molecule has 2 fully saturated rings. The van der Waals surface area contributed by atoms with E-state index in [1.54, 1.807) is 7.05 Å². The molecule has 0 spiro atoms. The Bertz CT molecular complexity index is 645. The van der Waals surface area contributed by atoms with Crippen molar-refractivity contribution in [3.63, 3.8) is 0 Å². The van der Waals surface area contributed by atoms with Gasteiger partial charge >= 0.3 is 0 Å². The number of likely N-dealkylation sites (tertiary alicyclic amines) is 1. The standard InChI is InChI=1S/C20H31F2N5/c1-15(13-26-8-3-4-9-26)12-24-20(23-2)25-17-7-10-27(14-17)19-6-5-16(21)11-18(19)22/h5-6,11,15,17H,3-4,7-10,12-14H2,1-2H3,(H2,23,24,25). The van der Waals surface area contributed by atoms with E-state index in [0.29, 0.717) is 18.2 Å². The van der Waals surface area contributed by atoms with Gasteiger partial charge in [0.25, 0.3) is 0 Å². The second-order valence-corrected chi connectivity index (χ2v) is 7.74. The van der Waals surface area contributed by atoms with Crippen LogP contribution in [0.1, 0.15) is 26.2 Å². The second kappa shape index (κ2) is 9.35. The van der Waals surface area contributed by atoms with Gasteiger partial charge in [0.15, 0.2) is 5.96 Å². The molecular weight excluding hydrogens is 348 g/mol. The normalized spacial score (nSPS) is 22.3. The SMILES string of the molecule is CN=C(NCC(C)CN1CCCC1)NC1CCN(c2ccc(F)cc2F)C1. The molecule has 0 aliphatic carbocycles. The van der Waals surface area contributed by atoms with Crippen LogP contribution < -0.4 is 15.5 Å². The summed E-state index contributed by atoms with van der Waals surface area (Å²) in [7, 11) is 1.77. The van der Waals surface area contributed by atoms with E-state index in [-0.39, 0.29) is 6.04 Å². The minimum Gasteiger partial charge on any atom is -0.367 e. The molecule has 1 aromatic rings. The van der Waals surface area contributed by atoms with Crippen LogP contribution in [-0.2, 0) is 0 Å². The lowest BCUT2D eigenvalue weighted by atomic mass is 10.1. The van der Waals surface area contributed by atoms with Gasteiger partial charge in [-0.1, -0.05) is 6.92 Å². The number of hydrogen-bond acceptors (Lipinski definition) is 3. The molecule has 2 heterocycles. The molecule has 150 valence electrons. The molecular formula is C20H31F2N5. The van der Waals surface area contributed by atoms with Crippen LogP contribution in [0.15, 0.2) is 23.2 Å². The quantitative estimate of drug-likeness (QED) is 0.589. The third kappa shape index (κ3) is 5.54. The summed E-state index contributed by atoms with van der Waals surface area (Å²) in [4.78, 5) is 8.80. The second-order valence-electron chi connectivity index (χ2n) is 7.74. The lowest BCUT2D eigenvalue weighted by molar-refractivity contribution is 0.287. The van der Waals surface area contributed by atoms with Gasteiger partial charge in [-0.3, -0.25) is 4.99 Å². The summed E-state index contributed by atoms with van der Waals surface area (Å²) in [5.74, 6) is 0.288. The van der Waals surface area contributed by atoms with Crippen molar-refractivity contribution in [1.82, 2.24) is 15.5 Å². The highest BCUT2D eigenvalue weighted by atomic mass is 19.1. The Kier molecular flexibility index (Phi) is 6.88. The third-order valence-corrected chi connectivity index (χ3v) is 5.39.